The van der Waals surface area contributed by atoms with Crippen LogP contribution in [0.4, 0.5) is 10.1 Å². The first-order valence-electron chi connectivity index (χ1n) is 7.72. The minimum Gasteiger partial charge on any atom is -0.486 e. The van der Waals surface area contributed by atoms with Crippen LogP contribution in [0.5, 0.6) is 5.75 Å². The van der Waals surface area contributed by atoms with Crippen molar-refractivity contribution in [3.8, 4) is 5.75 Å². The van der Waals surface area contributed by atoms with Gasteiger partial charge in [0, 0.05) is 5.69 Å². The topological polar surface area (TPSA) is 112 Å². The molecule has 0 spiro atoms. The summed E-state index contributed by atoms with van der Waals surface area (Å²) in [6, 6.07) is 14.0. The van der Waals surface area contributed by atoms with Crippen molar-refractivity contribution in [1.82, 2.24) is 0 Å². The summed E-state index contributed by atoms with van der Waals surface area (Å²) in [7, 11) is -3.79. The second kappa shape index (κ2) is 7.60. The van der Waals surface area contributed by atoms with Crippen LogP contribution in [-0.4, -0.2) is 14.3 Å². The van der Waals surface area contributed by atoms with E-state index in [1.54, 1.807) is 6.07 Å². The molecule has 0 aliphatic rings. The lowest BCUT2D eigenvalue weighted by molar-refractivity contribution is 0.0992. The molecule has 7 nitrogen and oxygen atoms in total. The summed E-state index contributed by atoms with van der Waals surface area (Å²) < 4.78 is 46.1. The molecule has 0 saturated carbocycles. The molecule has 140 valence electrons. The zero-order chi connectivity index (χ0) is 19.4. The zero-order valence-corrected chi connectivity index (χ0v) is 14.7. The fraction of sp³-hybridized carbons (Fsp3) is 0.0556. The van der Waals surface area contributed by atoms with Gasteiger partial charge in [-0.2, -0.15) is 0 Å². The lowest BCUT2D eigenvalue weighted by Crippen LogP contribution is -2.13. The zero-order valence-electron chi connectivity index (χ0n) is 13.9. The second-order valence-corrected chi connectivity index (χ2v) is 7.09. The number of primary sulfonamides is 1. The van der Waals surface area contributed by atoms with Gasteiger partial charge in [-0.05, 0) is 60.7 Å². The van der Waals surface area contributed by atoms with Crippen molar-refractivity contribution in [3.63, 3.8) is 0 Å². The molecule has 0 aliphatic carbocycles. The first-order valence-corrected chi connectivity index (χ1v) is 9.27. The SMILES string of the molecule is NS(=O)(=O)c1ccc(NC(=O)c2ccc(COc3ccc(F)cc3)o2)cc1. The van der Waals surface area contributed by atoms with E-state index < -0.39 is 15.9 Å². The predicted octanol–water partition coefficient (Wildman–Crippen LogP) is 2.90. The standard InChI is InChI=1S/C18H15FN2O5S/c19-12-1-5-14(6-2-12)25-11-15-7-10-17(26-15)18(22)21-13-3-8-16(9-4-13)27(20,23)24/h1-10H,11H2,(H,21,22)(H2,20,23,24). The number of nitrogens with two attached hydrogens (primary N) is 1. The molecule has 3 rings (SSSR count). The third-order valence-corrected chi connectivity index (χ3v) is 4.45. The Balaban J connectivity index is 1.60. The predicted molar refractivity (Wildman–Crippen MR) is 95.2 cm³/mol. The van der Waals surface area contributed by atoms with Gasteiger partial charge in [0.25, 0.3) is 5.91 Å². The Morgan fingerprint density at radius 3 is 2.33 bits per heavy atom. The third-order valence-electron chi connectivity index (χ3n) is 3.52. The van der Waals surface area contributed by atoms with E-state index in [0.717, 1.165) is 0 Å². The highest BCUT2D eigenvalue weighted by atomic mass is 32.2. The highest BCUT2D eigenvalue weighted by molar-refractivity contribution is 7.89. The third kappa shape index (κ3) is 4.93. The van der Waals surface area contributed by atoms with Crippen molar-refractivity contribution in [2.75, 3.05) is 5.32 Å². The molecule has 9 heteroatoms. The second-order valence-electron chi connectivity index (χ2n) is 5.53. The van der Waals surface area contributed by atoms with Gasteiger partial charge < -0.3 is 14.5 Å². The first kappa shape index (κ1) is 18.6. The summed E-state index contributed by atoms with van der Waals surface area (Å²) >= 11 is 0. The lowest BCUT2D eigenvalue weighted by Gasteiger charge is -2.05. The van der Waals surface area contributed by atoms with Crippen LogP contribution in [0.15, 0.2) is 70.0 Å². The van der Waals surface area contributed by atoms with E-state index in [1.165, 1.54) is 54.6 Å². The summed E-state index contributed by atoms with van der Waals surface area (Å²) in [4.78, 5) is 12.1. The molecule has 0 bridgehead atoms. The molecule has 0 unspecified atom stereocenters. The number of rotatable bonds is 6. The minimum atomic E-state index is -3.79. The molecule has 0 fully saturated rings. The molecular formula is C18H15FN2O5S. The summed E-state index contributed by atoms with van der Waals surface area (Å²) in [5.41, 5.74) is 0.382. The van der Waals surface area contributed by atoms with Gasteiger partial charge in [-0.3, -0.25) is 4.79 Å². The van der Waals surface area contributed by atoms with E-state index >= 15 is 0 Å². The molecule has 1 heterocycles. The van der Waals surface area contributed by atoms with Crippen LogP contribution in [0, 0.1) is 5.82 Å². The van der Waals surface area contributed by atoms with Crippen molar-refractivity contribution in [2.24, 2.45) is 5.14 Å². The van der Waals surface area contributed by atoms with E-state index in [-0.39, 0.29) is 23.1 Å². The summed E-state index contributed by atoms with van der Waals surface area (Å²) in [6.45, 7) is 0.0714. The van der Waals surface area contributed by atoms with Crippen LogP contribution in [0.3, 0.4) is 0 Å². The fourth-order valence-corrected chi connectivity index (χ4v) is 2.70. The van der Waals surface area contributed by atoms with E-state index in [4.69, 9.17) is 14.3 Å². The van der Waals surface area contributed by atoms with Gasteiger partial charge >= 0.3 is 0 Å². The highest BCUT2D eigenvalue weighted by Crippen LogP contribution is 2.17. The smallest absolute Gasteiger partial charge is 0.291 e. The van der Waals surface area contributed by atoms with Gasteiger partial charge in [0.1, 0.15) is 23.9 Å². The van der Waals surface area contributed by atoms with Crippen LogP contribution in [-0.2, 0) is 16.6 Å². The Hall–Kier alpha value is -3.17. The van der Waals surface area contributed by atoms with E-state index in [9.17, 15) is 17.6 Å². The molecule has 0 saturated heterocycles. The largest absolute Gasteiger partial charge is 0.486 e. The molecule has 2 aromatic carbocycles. The van der Waals surface area contributed by atoms with Crippen LogP contribution in [0.1, 0.15) is 16.3 Å². The average molecular weight is 390 g/mol. The Labute approximate surface area is 154 Å². The van der Waals surface area contributed by atoms with Gasteiger partial charge in [0.15, 0.2) is 5.76 Å². The fourth-order valence-electron chi connectivity index (χ4n) is 2.18. The number of halogens is 1. The molecule has 0 atom stereocenters. The van der Waals surface area contributed by atoms with Crippen molar-refractivity contribution in [3.05, 3.63) is 78.0 Å². The number of carbonyl (C=O) groups is 1. The number of amides is 1. The first-order chi connectivity index (χ1) is 12.8. The monoisotopic (exact) mass is 390 g/mol. The van der Waals surface area contributed by atoms with Crippen LogP contribution < -0.4 is 15.2 Å². The maximum atomic E-state index is 12.8. The normalized spacial score (nSPS) is 11.2. The Bertz CT molecular complexity index is 1040. The van der Waals surface area contributed by atoms with Gasteiger partial charge in [-0.15, -0.1) is 0 Å². The molecule has 0 radical (unpaired) electrons. The van der Waals surface area contributed by atoms with Gasteiger partial charge in [0.05, 0.1) is 4.90 Å². The van der Waals surface area contributed by atoms with Crippen molar-refractivity contribution < 1.29 is 26.8 Å². The summed E-state index contributed by atoms with van der Waals surface area (Å²) in [6.07, 6.45) is 0. The van der Waals surface area contributed by atoms with E-state index in [1.807, 2.05) is 0 Å². The number of hydrogen-bond acceptors (Lipinski definition) is 5. The van der Waals surface area contributed by atoms with E-state index in [2.05, 4.69) is 5.32 Å². The molecule has 3 N–H and O–H groups in total. The lowest BCUT2D eigenvalue weighted by atomic mass is 10.3. The molecule has 0 aliphatic heterocycles. The number of sulfonamides is 1. The van der Waals surface area contributed by atoms with Gasteiger partial charge in [-0.1, -0.05) is 0 Å². The summed E-state index contributed by atoms with van der Waals surface area (Å²) in [5.74, 6) is 0.0637. The number of hydrogen-bond donors (Lipinski definition) is 2. The van der Waals surface area contributed by atoms with Gasteiger partial charge in [0.2, 0.25) is 10.0 Å². The summed E-state index contributed by atoms with van der Waals surface area (Å²) in [5, 5.41) is 7.60. The van der Waals surface area contributed by atoms with Crippen molar-refractivity contribution in [1.29, 1.82) is 0 Å². The van der Waals surface area contributed by atoms with Crippen molar-refractivity contribution >= 4 is 21.6 Å². The maximum absolute atomic E-state index is 12.8. The molecule has 1 aromatic heterocycles. The van der Waals surface area contributed by atoms with Gasteiger partial charge in [-0.25, -0.2) is 17.9 Å². The van der Waals surface area contributed by atoms with Crippen molar-refractivity contribution in [2.45, 2.75) is 11.5 Å². The quantitative estimate of drug-likeness (QED) is 0.672. The Kier molecular flexibility index (Phi) is 5.24. The van der Waals surface area contributed by atoms with Crippen LogP contribution in [0.2, 0.25) is 0 Å². The maximum Gasteiger partial charge on any atom is 0.291 e. The van der Waals surface area contributed by atoms with Crippen LogP contribution in [0.25, 0.3) is 0 Å². The average Bonchev–Trinajstić information content (AvgIpc) is 3.10. The Morgan fingerprint density at radius 1 is 1.04 bits per heavy atom. The number of carbonyl (C=O) groups excluding carboxylic acids is 1. The molecule has 3 aromatic rings. The number of furan rings is 1. The molecular weight excluding hydrogens is 375 g/mol. The Morgan fingerprint density at radius 2 is 1.70 bits per heavy atom. The number of anilines is 1. The van der Waals surface area contributed by atoms with E-state index in [0.29, 0.717) is 17.2 Å². The highest BCUT2D eigenvalue weighted by Gasteiger charge is 2.13. The molecule has 27 heavy (non-hydrogen) atoms. The van der Waals surface area contributed by atoms with Crippen LogP contribution >= 0.6 is 0 Å². The number of nitrogens with one attached hydrogen (secondary N) is 1. The minimum absolute atomic E-state index is 0.0567. The number of ether oxygens (including phenoxy) is 1. The number of benzene rings is 2. The molecule has 1 amide bonds.